The van der Waals surface area contributed by atoms with Crippen LogP contribution in [0.15, 0.2) is 42.8 Å². The minimum atomic E-state index is -0.848. The van der Waals surface area contributed by atoms with E-state index in [1.54, 1.807) is 24.3 Å². The van der Waals surface area contributed by atoms with Gasteiger partial charge in [-0.1, -0.05) is 23.2 Å². The Morgan fingerprint density at radius 2 is 1.96 bits per heavy atom. The molecule has 0 saturated carbocycles. The summed E-state index contributed by atoms with van der Waals surface area (Å²) < 4.78 is 11.0. The number of hydroxylamine groups is 1. The third kappa shape index (κ3) is 5.69. The van der Waals surface area contributed by atoms with E-state index in [0.29, 0.717) is 22.8 Å². The third-order valence-corrected chi connectivity index (χ3v) is 3.24. The van der Waals surface area contributed by atoms with Crippen molar-refractivity contribution in [2.24, 2.45) is 0 Å². The number of rotatable bonds is 7. The quantitative estimate of drug-likeness (QED) is 0.448. The molecule has 0 aliphatic rings. The van der Waals surface area contributed by atoms with Crippen LogP contribution in [0.1, 0.15) is 6.92 Å². The number of nitrogens with zero attached hydrogens (tertiary/aromatic N) is 1. The summed E-state index contributed by atoms with van der Waals surface area (Å²) in [6, 6.07) is 7.98. The number of ether oxygens (including phenoxy) is 2. The zero-order chi connectivity index (χ0) is 18.2. The Labute approximate surface area is 153 Å². The molecule has 0 spiro atoms. The van der Waals surface area contributed by atoms with E-state index in [0.717, 1.165) is 0 Å². The predicted octanol–water partition coefficient (Wildman–Crippen LogP) is 3.34. The molecule has 0 aliphatic heterocycles. The van der Waals surface area contributed by atoms with Crippen molar-refractivity contribution in [1.82, 2.24) is 10.5 Å². The van der Waals surface area contributed by atoms with Crippen LogP contribution in [0.3, 0.4) is 0 Å². The van der Waals surface area contributed by atoms with Gasteiger partial charge in [0.1, 0.15) is 16.5 Å². The molecule has 1 amide bonds. The molecule has 1 aromatic heterocycles. The van der Waals surface area contributed by atoms with Crippen LogP contribution < -0.4 is 15.0 Å². The van der Waals surface area contributed by atoms with Gasteiger partial charge in [0.15, 0.2) is 12.0 Å². The Bertz CT molecular complexity index is 792. The van der Waals surface area contributed by atoms with E-state index in [1.807, 2.05) is 5.48 Å². The number of hydrogen-bond donors (Lipinski definition) is 1. The minimum absolute atomic E-state index is 0.216. The number of nitrogens with one attached hydrogen (secondary N) is 1. The number of carbonyl (C=O) groups is 1. The fourth-order valence-electron chi connectivity index (χ4n) is 1.63. The second-order valence-electron chi connectivity index (χ2n) is 4.59. The summed E-state index contributed by atoms with van der Waals surface area (Å²) in [6.45, 7) is 1.52. The first kappa shape index (κ1) is 18.6. The average molecular weight is 383 g/mol. The van der Waals surface area contributed by atoms with Gasteiger partial charge < -0.3 is 14.3 Å². The summed E-state index contributed by atoms with van der Waals surface area (Å²) in [5.74, 6) is 1.91. The molecule has 1 unspecified atom stereocenters. The molecule has 1 heterocycles. The molecule has 0 aliphatic carbocycles. The Kier molecular flexibility index (Phi) is 6.65. The van der Waals surface area contributed by atoms with Crippen molar-refractivity contribution in [3.8, 4) is 17.4 Å². The average Bonchev–Trinajstić information content (AvgIpc) is 2.59. The van der Waals surface area contributed by atoms with E-state index < -0.39 is 12.0 Å². The first-order valence-corrected chi connectivity index (χ1v) is 7.65. The van der Waals surface area contributed by atoms with Crippen molar-refractivity contribution in [1.29, 1.82) is 0 Å². The maximum atomic E-state index is 11.6. The van der Waals surface area contributed by atoms with E-state index in [-0.39, 0.29) is 10.9 Å². The van der Waals surface area contributed by atoms with E-state index in [9.17, 15) is 9.59 Å². The SMILES string of the molecule is CC(Oc1ccc(Oc2ncc(Cl)cc2Cl)cc1)C(=O)NOC=C=O. The highest BCUT2D eigenvalue weighted by Crippen LogP contribution is 2.29. The van der Waals surface area contributed by atoms with Crippen LogP contribution in [0.2, 0.25) is 10.0 Å². The molecule has 1 aromatic carbocycles. The minimum Gasteiger partial charge on any atom is -0.481 e. The second kappa shape index (κ2) is 8.94. The molecule has 7 nitrogen and oxygen atoms in total. The van der Waals surface area contributed by atoms with Gasteiger partial charge >= 0.3 is 0 Å². The van der Waals surface area contributed by atoms with Crippen molar-refractivity contribution >= 4 is 35.1 Å². The molecule has 2 aromatic rings. The van der Waals surface area contributed by atoms with Crippen LogP contribution in [0, 0.1) is 0 Å². The normalized spacial score (nSPS) is 11.0. The number of pyridine rings is 1. The van der Waals surface area contributed by atoms with Gasteiger partial charge in [0, 0.05) is 6.20 Å². The summed E-state index contributed by atoms with van der Waals surface area (Å²) >= 11 is 11.8. The van der Waals surface area contributed by atoms with Crippen LogP contribution in [-0.2, 0) is 14.4 Å². The Balaban J connectivity index is 1.95. The maximum Gasteiger partial charge on any atom is 0.293 e. The molecule has 0 saturated heterocycles. The van der Waals surface area contributed by atoms with Gasteiger partial charge in [-0.3, -0.25) is 4.79 Å². The van der Waals surface area contributed by atoms with Crippen LogP contribution in [-0.4, -0.2) is 22.9 Å². The summed E-state index contributed by atoms with van der Waals surface area (Å²) in [4.78, 5) is 30.0. The van der Waals surface area contributed by atoms with Crippen molar-refractivity contribution in [2.75, 3.05) is 0 Å². The topological polar surface area (TPSA) is 86.8 Å². The second-order valence-corrected chi connectivity index (χ2v) is 5.44. The number of halogens is 2. The number of hydrogen-bond acceptors (Lipinski definition) is 6. The molecule has 0 bridgehead atoms. The molecule has 9 heteroatoms. The van der Waals surface area contributed by atoms with Crippen molar-refractivity contribution < 1.29 is 23.9 Å². The smallest absolute Gasteiger partial charge is 0.293 e. The zero-order valence-corrected chi connectivity index (χ0v) is 14.4. The Hall–Kier alpha value is -2.73. The molecule has 0 radical (unpaired) electrons. The maximum absolute atomic E-state index is 11.6. The summed E-state index contributed by atoms with van der Waals surface area (Å²) in [7, 11) is 0. The fraction of sp³-hybridized carbons (Fsp3) is 0.125. The predicted molar refractivity (Wildman–Crippen MR) is 90.4 cm³/mol. The monoisotopic (exact) mass is 382 g/mol. The lowest BCUT2D eigenvalue weighted by Crippen LogP contribution is -2.35. The summed E-state index contributed by atoms with van der Waals surface area (Å²) in [5.41, 5.74) is 2.02. The van der Waals surface area contributed by atoms with Crippen molar-refractivity contribution in [3.63, 3.8) is 0 Å². The standard InChI is InChI=1S/C16H12Cl2N2O5/c1-10(15(22)20-23-7-6-21)24-12-2-4-13(5-3-12)25-16-14(18)8-11(17)9-19-16/h2-5,7-10H,1H3,(H,20,22). The number of carbonyl (C=O) groups excluding carboxylic acids is 2. The number of amides is 1. The molecule has 0 fully saturated rings. The van der Waals surface area contributed by atoms with Gasteiger partial charge in [0.25, 0.3) is 5.91 Å². The van der Waals surface area contributed by atoms with E-state index in [2.05, 4.69) is 9.82 Å². The van der Waals surface area contributed by atoms with Gasteiger partial charge in [-0.15, -0.1) is 0 Å². The van der Waals surface area contributed by atoms with Crippen molar-refractivity contribution in [3.05, 3.63) is 52.8 Å². The highest BCUT2D eigenvalue weighted by Gasteiger charge is 2.15. The van der Waals surface area contributed by atoms with Gasteiger partial charge in [-0.25, -0.2) is 9.78 Å². The molecular formula is C16H12Cl2N2O5. The Morgan fingerprint density at radius 3 is 2.60 bits per heavy atom. The molecule has 1 N–H and O–H groups in total. The zero-order valence-electron chi connectivity index (χ0n) is 12.9. The molecule has 1 atom stereocenters. The lowest BCUT2D eigenvalue weighted by atomic mass is 10.3. The van der Waals surface area contributed by atoms with Crippen LogP contribution in [0.4, 0.5) is 0 Å². The number of aromatic nitrogens is 1. The number of benzene rings is 1. The van der Waals surface area contributed by atoms with Crippen LogP contribution in [0.25, 0.3) is 0 Å². The fourth-order valence-corrected chi connectivity index (χ4v) is 2.05. The van der Waals surface area contributed by atoms with Crippen molar-refractivity contribution in [2.45, 2.75) is 13.0 Å². The molecular weight excluding hydrogens is 371 g/mol. The third-order valence-electron chi connectivity index (χ3n) is 2.76. The lowest BCUT2D eigenvalue weighted by molar-refractivity contribution is -0.136. The molecule has 2 rings (SSSR count). The lowest BCUT2D eigenvalue weighted by Gasteiger charge is -2.14. The van der Waals surface area contributed by atoms with E-state index in [1.165, 1.54) is 25.1 Å². The summed E-state index contributed by atoms with van der Waals surface area (Å²) in [5, 5.41) is 0.684. The first-order chi connectivity index (χ1) is 12.0. The Morgan fingerprint density at radius 1 is 1.28 bits per heavy atom. The largest absolute Gasteiger partial charge is 0.481 e. The highest BCUT2D eigenvalue weighted by atomic mass is 35.5. The van der Waals surface area contributed by atoms with E-state index in [4.69, 9.17) is 32.7 Å². The van der Waals surface area contributed by atoms with Crippen LogP contribution >= 0.6 is 23.2 Å². The highest BCUT2D eigenvalue weighted by molar-refractivity contribution is 6.35. The molecule has 130 valence electrons. The van der Waals surface area contributed by atoms with Gasteiger partial charge in [0.2, 0.25) is 12.1 Å². The molecule has 25 heavy (non-hydrogen) atoms. The van der Waals surface area contributed by atoms with Crippen LogP contribution in [0.5, 0.6) is 17.4 Å². The van der Waals surface area contributed by atoms with Gasteiger partial charge in [-0.05, 0) is 37.3 Å². The van der Waals surface area contributed by atoms with Gasteiger partial charge in [0.05, 0.1) is 5.02 Å². The van der Waals surface area contributed by atoms with Gasteiger partial charge in [-0.2, -0.15) is 5.48 Å². The first-order valence-electron chi connectivity index (χ1n) is 6.90. The summed E-state index contributed by atoms with van der Waals surface area (Å²) in [6.07, 6.45) is 1.24. The van der Waals surface area contributed by atoms with E-state index >= 15 is 0 Å².